The van der Waals surface area contributed by atoms with Gasteiger partial charge in [-0.2, -0.15) is 0 Å². The molecular formula is C12H24BrNO. The van der Waals surface area contributed by atoms with E-state index in [4.69, 9.17) is 0 Å². The molecule has 0 aliphatic rings. The molecule has 0 aromatic carbocycles. The van der Waals surface area contributed by atoms with Crippen LogP contribution in [-0.2, 0) is 4.79 Å². The van der Waals surface area contributed by atoms with Crippen LogP contribution in [0.25, 0.3) is 0 Å². The van der Waals surface area contributed by atoms with Crippen LogP contribution in [0.2, 0.25) is 0 Å². The second-order valence-electron chi connectivity index (χ2n) is 5.07. The molecule has 0 saturated carbocycles. The van der Waals surface area contributed by atoms with Crippen LogP contribution in [0.15, 0.2) is 0 Å². The third-order valence-electron chi connectivity index (χ3n) is 2.54. The van der Waals surface area contributed by atoms with E-state index in [0.29, 0.717) is 6.42 Å². The summed E-state index contributed by atoms with van der Waals surface area (Å²) in [4.78, 5) is 11.6. The summed E-state index contributed by atoms with van der Waals surface area (Å²) in [6.07, 6.45) is 3.70. The predicted molar refractivity (Wildman–Crippen MR) is 69.3 cm³/mol. The number of rotatable bonds is 6. The lowest BCUT2D eigenvalue weighted by Crippen LogP contribution is -2.43. The van der Waals surface area contributed by atoms with E-state index in [1.54, 1.807) is 0 Å². The second kappa shape index (κ2) is 7.26. The number of amides is 1. The Morgan fingerprint density at radius 1 is 1.40 bits per heavy atom. The molecule has 0 aliphatic carbocycles. The molecule has 1 amide bonds. The van der Waals surface area contributed by atoms with Crippen molar-refractivity contribution in [1.82, 2.24) is 5.32 Å². The Balaban J connectivity index is 4.11. The number of nitrogens with one attached hydrogen (secondary N) is 1. The summed E-state index contributed by atoms with van der Waals surface area (Å²) in [7, 11) is 0. The Hall–Kier alpha value is -0.0500. The zero-order valence-electron chi connectivity index (χ0n) is 10.4. The Bertz CT molecular complexity index is 187. The highest BCUT2D eigenvalue weighted by atomic mass is 79.9. The molecule has 1 unspecified atom stereocenters. The molecule has 1 N–H and O–H groups in total. The summed E-state index contributed by atoms with van der Waals surface area (Å²) in [5.41, 5.74) is 0.135. The zero-order chi connectivity index (χ0) is 11.9. The smallest absolute Gasteiger partial charge is 0.220 e. The minimum absolute atomic E-state index is 0.135. The van der Waals surface area contributed by atoms with Crippen molar-refractivity contribution < 1.29 is 4.79 Å². The minimum Gasteiger partial charge on any atom is -0.353 e. The lowest BCUT2D eigenvalue weighted by atomic mass is 9.85. The fraction of sp³-hybridized carbons (Fsp3) is 0.917. The molecule has 90 valence electrons. The van der Waals surface area contributed by atoms with E-state index in [-0.39, 0.29) is 17.4 Å². The van der Waals surface area contributed by atoms with Crippen LogP contribution in [0.1, 0.15) is 53.4 Å². The van der Waals surface area contributed by atoms with Crippen molar-refractivity contribution in [3.63, 3.8) is 0 Å². The van der Waals surface area contributed by atoms with E-state index >= 15 is 0 Å². The fourth-order valence-corrected chi connectivity index (χ4v) is 1.89. The van der Waals surface area contributed by atoms with Crippen LogP contribution in [0.4, 0.5) is 0 Å². The third kappa shape index (κ3) is 6.93. The van der Waals surface area contributed by atoms with Gasteiger partial charge in [-0.15, -0.1) is 0 Å². The number of hydrogen-bond acceptors (Lipinski definition) is 1. The number of hydrogen-bond donors (Lipinski definition) is 1. The normalized spacial score (nSPS) is 13.7. The van der Waals surface area contributed by atoms with E-state index < -0.39 is 0 Å². The number of alkyl halides is 1. The maximum atomic E-state index is 11.6. The average Bonchev–Trinajstić information content (AvgIpc) is 2.12. The van der Waals surface area contributed by atoms with Crippen LogP contribution in [0.3, 0.4) is 0 Å². The maximum Gasteiger partial charge on any atom is 0.220 e. The Kier molecular flexibility index (Phi) is 7.24. The first kappa shape index (κ1) is 14.9. The Morgan fingerprint density at radius 3 is 2.40 bits per heavy atom. The maximum absolute atomic E-state index is 11.6. The van der Waals surface area contributed by atoms with Crippen LogP contribution in [0, 0.1) is 5.41 Å². The van der Waals surface area contributed by atoms with Gasteiger partial charge < -0.3 is 5.32 Å². The minimum atomic E-state index is 0.135. The van der Waals surface area contributed by atoms with Crippen molar-refractivity contribution in [2.45, 2.75) is 59.4 Å². The van der Waals surface area contributed by atoms with Gasteiger partial charge in [0.25, 0.3) is 0 Å². The standard InChI is InChI=1S/C12H24BrNO/c1-5-6-7-11(15)14-10(8-9-13)12(2,3)4/h10H,5-9H2,1-4H3,(H,14,15). The number of carbonyl (C=O) groups is 1. The topological polar surface area (TPSA) is 29.1 Å². The molecular weight excluding hydrogens is 254 g/mol. The van der Waals surface area contributed by atoms with E-state index in [1.807, 2.05) is 0 Å². The molecule has 0 bridgehead atoms. The van der Waals surface area contributed by atoms with Gasteiger partial charge in [0, 0.05) is 17.8 Å². The van der Waals surface area contributed by atoms with Gasteiger partial charge in [-0.05, 0) is 18.3 Å². The van der Waals surface area contributed by atoms with Crippen molar-refractivity contribution >= 4 is 21.8 Å². The molecule has 1 atom stereocenters. The van der Waals surface area contributed by atoms with Crippen LogP contribution < -0.4 is 5.32 Å². The molecule has 0 aliphatic heterocycles. The van der Waals surface area contributed by atoms with Gasteiger partial charge in [0.1, 0.15) is 0 Å². The summed E-state index contributed by atoms with van der Waals surface area (Å²) < 4.78 is 0. The molecule has 0 radical (unpaired) electrons. The number of halogens is 1. The zero-order valence-corrected chi connectivity index (χ0v) is 12.0. The van der Waals surface area contributed by atoms with Gasteiger partial charge >= 0.3 is 0 Å². The van der Waals surface area contributed by atoms with Crippen molar-refractivity contribution in [2.24, 2.45) is 5.41 Å². The first-order chi connectivity index (χ1) is 6.91. The highest BCUT2D eigenvalue weighted by Crippen LogP contribution is 2.22. The summed E-state index contributed by atoms with van der Waals surface area (Å²) in [6.45, 7) is 8.61. The monoisotopic (exact) mass is 277 g/mol. The van der Waals surface area contributed by atoms with Gasteiger partial charge in [-0.25, -0.2) is 0 Å². The van der Waals surface area contributed by atoms with Crippen LogP contribution >= 0.6 is 15.9 Å². The Morgan fingerprint density at radius 2 is 2.00 bits per heavy atom. The first-order valence-electron chi connectivity index (χ1n) is 5.77. The molecule has 0 aromatic heterocycles. The van der Waals surface area contributed by atoms with Crippen molar-refractivity contribution in [3.05, 3.63) is 0 Å². The lowest BCUT2D eigenvalue weighted by molar-refractivity contribution is -0.122. The lowest BCUT2D eigenvalue weighted by Gasteiger charge is -2.31. The van der Waals surface area contributed by atoms with Gasteiger partial charge in [0.2, 0.25) is 5.91 Å². The number of unbranched alkanes of at least 4 members (excludes halogenated alkanes) is 1. The molecule has 2 nitrogen and oxygen atoms in total. The molecule has 0 saturated heterocycles. The van der Waals surface area contributed by atoms with Gasteiger partial charge in [-0.3, -0.25) is 4.79 Å². The SMILES string of the molecule is CCCCC(=O)NC(CCBr)C(C)(C)C. The molecule has 0 fully saturated rings. The summed E-state index contributed by atoms with van der Waals surface area (Å²) in [5, 5.41) is 4.06. The first-order valence-corrected chi connectivity index (χ1v) is 6.89. The summed E-state index contributed by atoms with van der Waals surface area (Å²) in [6, 6.07) is 0.265. The van der Waals surface area contributed by atoms with Crippen LogP contribution in [-0.4, -0.2) is 17.3 Å². The van der Waals surface area contributed by atoms with Gasteiger partial charge in [0.15, 0.2) is 0 Å². The summed E-state index contributed by atoms with van der Waals surface area (Å²) >= 11 is 3.43. The highest BCUT2D eigenvalue weighted by molar-refractivity contribution is 9.09. The quantitative estimate of drug-likeness (QED) is 0.740. The predicted octanol–water partition coefficient (Wildman–Crippen LogP) is 3.49. The average molecular weight is 278 g/mol. The van der Waals surface area contributed by atoms with Crippen LogP contribution in [0.5, 0.6) is 0 Å². The van der Waals surface area contributed by atoms with E-state index in [9.17, 15) is 4.79 Å². The van der Waals surface area contributed by atoms with Crippen molar-refractivity contribution in [1.29, 1.82) is 0 Å². The second-order valence-corrected chi connectivity index (χ2v) is 5.86. The molecule has 0 heterocycles. The van der Waals surface area contributed by atoms with E-state index in [1.165, 1.54) is 0 Å². The molecule has 3 heteroatoms. The fourth-order valence-electron chi connectivity index (χ4n) is 1.43. The largest absolute Gasteiger partial charge is 0.353 e. The molecule has 0 spiro atoms. The molecule has 0 rings (SSSR count). The van der Waals surface area contributed by atoms with Crippen molar-refractivity contribution in [3.8, 4) is 0 Å². The Labute approximate surface area is 102 Å². The highest BCUT2D eigenvalue weighted by Gasteiger charge is 2.25. The van der Waals surface area contributed by atoms with Gasteiger partial charge in [-0.1, -0.05) is 50.0 Å². The van der Waals surface area contributed by atoms with Crippen molar-refractivity contribution in [2.75, 3.05) is 5.33 Å². The van der Waals surface area contributed by atoms with E-state index in [2.05, 4.69) is 48.9 Å². The molecule has 15 heavy (non-hydrogen) atoms. The number of carbonyl (C=O) groups excluding carboxylic acids is 1. The van der Waals surface area contributed by atoms with E-state index in [0.717, 1.165) is 24.6 Å². The summed E-state index contributed by atoms with van der Waals surface area (Å²) in [5.74, 6) is 0.192. The van der Waals surface area contributed by atoms with Gasteiger partial charge in [0.05, 0.1) is 0 Å². The third-order valence-corrected chi connectivity index (χ3v) is 2.99. The molecule has 0 aromatic rings.